The first-order valence-electron chi connectivity index (χ1n) is 9.07. The van der Waals surface area contributed by atoms with Crippen LogP contribution in [0, 0.1) is 11.7 Å². The minimum Gasteiger partial charge on any atom is -0.495 e. The van der Waals surface area contributed by atoms with Gasteiger partial charge in [-0.1, -0.05) is 30.3 Å². The molecule has 1 N–H and O–H groups in total. The molecular formula is C20H25FN2O3S. The maximum atomic E-state index is 13.5. The fourth-order valence-electron chi connectivity index (χ4n) is 3.36. The third-order valence-electron chi connectivity index (χ3n) is 4.93. The Morgan fingerprint density at radius 2 is 1.85 bits per heavy atom. The highest BCUT2D eigenvalue weighted by Crippen LogP contribution is 2.25. The molecule has 1 saturated heterocycles. The third-order valence-corrected chi connectivity index (χ3v) is 6.38. The molecule has 0 spiro atoms. The Bertz CT molecular complexity index is 851. The molecule has 27 heavy (non-hydrogen) atoms. The Morgan fingerprint density at radius 1 is 1.15 bits per heavy atom. The molecule has 1 aliphatic rings. The lowest BCUT2D eigenvalue weighted by atomic mass is 9.97. The fourth-order valence-corrected chi connectivity index (χ4v) is 4.65. The van der Waals surface area contributed by atoms with Crippen molar-refractivity contribution in [2.24, 2.45) is 5.92 Å². The summed E-state index contributed by atoms with van der Waals surface area (Å²) in [5.41, 5.74) is 1.29. The van der Waals surface area contributed by atoms with Gasteiger partial charge in [-0.25, -0.2) is 17.5 Å². The second-order valence-corrected chi connectivity index (χ2v) is 8.59. The van der Waals surface area contributed by atoms with Gasteiger partial charge in [0.1, 0.15) is 16.5 Å². The number of nitrogens with zero attached hydrogens (tertiary/aromatic N) is 1. The van der Waals surface area contributed by atoms with Crippen molar-refractivity contribution in [3.63, 3.8) is 0 Å². The summed E-state index contributed by atoms with van der Waals surface area (Å²) in [6.07, 6.45) is 1.85. The van der Waals surface area contributed by atoms with Gasteiger partial charge in [0.05, 0.1) is 7.11 Å². The molecule has 0 saturated carbocycles. The number of methoxy groups -OCH3 is 1. The monoisotopic (exact) mass is 392 g/mol. The number of rotatable bonds is 7. The topological polar surface area (TPSA) is 58.6 Å². The van der Waals surface area contributed by atoms with Crippen molar-refractivity contribution in [2.75, 3.05) is 26.7 Å². The van der Waals surface area contributed by atoms with Crippen LogP contribution >= 0.6 is 0 Å². The SMILES string of the molecule is COc1ccc(F)cc1S(=O)(=O)NCC1CCN(Cc2ccccc2)CC1. The van der Waals surface area contributed by atoms with Crippen molar-refractivity contribution in [1.29, 1.82) is 0 Å². The van der Waals surface area contributed by atoms with E-state index < -0.39 is 15.8 Å². The molecule has 0 unspecified atom stereocenters. The van der Waals surface area contributed by atoms with Crippen LogP contribution in [0.4, 0.5) is 4.39 Å². The molecule has 146 valence electrons. The molecule has 0 aliphatic carbocycles. The zero-order chi connectivity index (χ0) is 19.3. The molecule has 7 heteroatoms. The Kier molecular flexibility index (Phi) is 6.46. The van der Waals surface area contributed by atoms with Crippen molar-refractivity contribution in [2.45, 2.75) is 24.3 Å². The maximum Gasteiger partial charge on any atom is 0.244 e. The molecule has 0 bridgehead atoms. The first-order valence-corrected chi connectivity index (χ1v) is 10.6. The first-order chi connectivity index (χ1) is 13.0. The van der Waals surface area contributed by atoms with Crippen LogP contribution in [0.5, 0.6) is 5.75 Å². The summed E-state index contributed by atoms with van der Waals surface area (Å²) in [5, 5.41) is 0. The molecule has 2 aromatic carbocycles. The number of hydrogen-bond donors (Lipinski definition) is 1. The van der Waals surface area contributed by atoms with Gasteiger partial charge in [-0.3, -0.25) is 4.90 Å². The highest BCUT2D eigenvalue weighted by molar-refractivity contribution is 7.89. The number of hydrogen-bond acceptors (Lipinski definition) is 4. The van der Waals surface area contributed by atoms with Gasteiger partial charge in [-0.15, -0.1) is 0 Å². The van der Waals surface area contributed by atoms with E-state index in [1.54, 1.807) is 0 Å². The van der Waals surface area contributed by atoms with E-state index in [2.05, 4.69) is 21.8 Å². The Morgan fingerprint density at radius 3 is 2.52 bits per heavy atom. The summed E-state index contributed by atoms with van der Waals surface area (Å²) in [7, 11) is -2.45. The molecule has 1 fully saturated rings. The van der Waals surface area contributed by atoms with E-state index in [-0.39, 0.29) is 16.6 Å². The minimum atomic E-state index is -3.82. The standard InChI is InChI=1S/C20H25FN2O3S/c1-26-19-8-7-18(21)13-20(19)27(24,25)22-14-16-9-11-23(12-10-16)15-17-5-3-2-4-6-17/h2-8,13,16,22H,9-12,14-15H2,1H3. The van der Waals surface area contributed by atoms with Crippen molar-refractivity contribution < 1.29 is 17.5 Å². The normalized spacial score (nSPS) is 16.4. The van der Waals surface area contributed by atoms with Crippen LogP contribution in [0.2, 0.25) is 0 Å². The van der Waals surface area contributed by atoms with E-state index in [9.17, 15) is 12.8 Å². The number of benzene rings is 2. The summed E-state index contributed by atoms with van der Waals surface area (Å²) in [5.74, 6) is -0.196. The lowest BCUT2D eigenvalue weighted by molar-refractivity contribution is 0.178. The molecular weight excluding hydrogens is 367 g/mol. The molecule has 0 atom stereocenters. The van der Waals surface area contributed by atoms with E-state index in [1.807, 2.05) is 18.2 Å². The first kappa shape index (κ1) is 19.8. The van der Waals surface area contributed by atoms with E-state index >= 15 is 0 Å². The Labute approximate surface area is 160 Å². The highest BCUT2D eigenvalue weighted by atomic mass is 32.2. The predicted octanol–water partition coefficient (Wildman–Crippen LogP) is 3.02. The highest BCUT2D eigenvalue weighted by Gasteiger charge is 2.24. The molecule has 0 amide bonds. The number of piperidine rings is 1. The summed E-state index contributed by atoms with van der Waals surface area (Å²) < 4.78 is 46.2. The molecule has 0 radical (unpaired) electrons. The van der Waals surface area contributed by atoms with Gasteiger partial charge in [0, 0.05) is 13.1 Å². The molecule has 5 nitrogen and oxygen atoms in total. The van der Waals surface area contributed by atoms with Crippen molar-refractivity contribution in [3.8, 4) is 5.75 Å². The lowest BCUT2D eigenvalue weighted by Crippen LogP contribution is -2.38. The van der Waals surface area contributed by atoms with E-state index in [0.717, 1.165) is 38.5 Å². The van der Waals surface area contributed by atoms with Gasteiger partial charge in [0.2, 0.25) is 10.0 Å². The average molecular weight is 392 g/mol. The van der Waals surface area contributed by atoms with Crippen LogP contribution in [-0.4, -0.2) is 40.1 Å². The van der Waals surface area contributed by atoms with Crippen LogP contribution in [0.15, 0.2) is 53.4 Å². The molecule has 0 aromatic heterocycles. The van der Waals surface area contributed by atoms with Crippen LogP contribution in [0.25, 0.3) is 0 Å². The van der Waals surface area contributed by atoms with E-state index in [4.69, 9.17) is 4.74 Å². The smallest absolute Gasteiger partial charge is 0.244 e. The number of sulfonamides is 1. The van der Waals surface area contributed by atoms with E-state index in [0.29, 0.717) is 6.54 Å². The van der Waals surface area contributed by atoms with Gasteiger partial charge in [-0.05, 0) is 55.6 Å². The minimum absolute atomic E-state index is 0.140. The number of ether oxygens (including phenoxy) is 1. The summed E-state index contributed by atoms with van der Waals surface area (Å²) in [6.45, 7) is 3.14. The Balaban J connectivity index is 1.53. The molecule has 3 rings (SSSR count). The third kappa shape index (κ3) is 5.28. The van der Waals surface area contributed by atoms with Crippen molar-refractivity contribution >= 4 is 10.0 Å². The van der Waals surface area contributed by atoms with Crippen LogP contribution in [0.3, 0.4) is 0 Å². The number of halogens is 1. The van der Waals surface area contributed by atoms with Crippen LogP contribution in [-0.2, 0) is 16.6 Å². The van der Waals surface area contributed by atoms with Gasteiger partial charge in [-0.2, -0.15) is 0 Å². The van der Waals surface area contributed by atoms with Gasteiger partial charge >= 0.3 is 0 Å². The second kappa shape index (κ2) is 8.82. The van der Waals surface area contributed by atoms with Gasteiger partial charge < -0.3 is 4.74 Å². The average Bonchev–Trinajstić information content (AvgIpc) is 2.68. The zero-order valence-electron chi connectivity index (χ0n) is 15.4. The van der Waals surface area contributed by atoms with Gasteiger partial charge in [0.15, 0.2) is 0 Å². The largest absolute Gasteiger partial charge is 0.495 e. The van der Waals surface area contributed by atoms with Crippen LogP contribution < -0.4 is 9.46 Å². The van der Waals surface area contributed by atoms with Gasteiger partial charge in [0.25, 0.3) is 0 Å². The maximum absolute atomic E-state index is 13.5. The molecule has 1 heterocycles. The van der Waals surface area contributed by atoms with Crippen molar-refractivity contribution in [3.05, 3.63) is 59.9 Å². The molecule has 2 aromatic rings. The predicted molar refractivity (Wildman–Crippen MR) is 103 cm³/mol. The summed E-state index contributed by atoms with van der Waals surface area (Å²) >= 11 is 0. The second-order valence-electron chi connectivity index (χ2n) is 6.85. The summed E-state index contributed by atoms with van der Waals surface area (Å²) in [4.78, 5) is 2.22. The number of nitrogens with one attached hydrogen (secondary N) is 1. The zero-order valence-corrected chi connectivity index (χ0v) is 16.2. The van der Waals surface area contributed by atoms with Crippen LogP contribution in [0.1, 0.15) is 18.4 Å². The Hall–Kier alpha value is -1.96. The summed E-state index contributed by atoms with van der Waals surface area (Å²) in [6, 6.07) is 13.8. The fraction of sp³-hybridized carbons (Fsp3) is 0.400. The number of likely N-dealkylation sites (tertiary alicyclic amines) is 1. The van der Waals surface area contributed by atoms with Crippen molar-refractivity contribution in [1.82, 2.24) is 9.62 Å². The van der Waals surface area contributed by atoms with E-state index in [1.165, 1.54) is 24.8 Å². The quantitative estimate of drug-likeness (QED) is 0.787. The lowest BCUT2D eigenvalue weighted by Gasteiger charge is -2.32. The molecule has 1 aliphatic heterocycles.